The van der Waals surface area contributed by atoms with Crippen LogP contribution in [-0.4, -0.2) is 17.9 Å². The second kappa shape index (κ2) is 5.27. The zero-order valence-corrected chi connectivity index (χ0v) is 7.64. The highest BCUT2D eigenvalue weighted by molar-refractivity contribution is 5.80. The molecule has 0 aliphatic heterocycles. The van der Waals surface area contributed by atoms with Gasteiger partial charge in [0.2, 0.25) is 0 Å². The number of aliphatic hydroxyl groups is 1. The molecule has 1 aromatic rings. The summed E-state index contributed by atoms with van der Waals surface area (Å²) in [4.78, 5) is 4.16. The number of hydrogen-bond donors (Lipinski definition) is 1. The molecule has 0 heterocycles. The summed E-state index contributed by atoms with van der Waals surface area (Å²) in [5, 5.41) is 8.58. The Kier molecular flexibility index (Phi) is 3.93. The fourth-order valence-electron chi connectivity index (χ4n) is 0.900. The first-order chi connectivity index (χ1) is 6.33. The molecule has 0 aliphatic carbocycles. The fourth-order valence-corrected chi connectivity index (χ4v) is 0.900. The summed E-state index contributed by atoms with van der Waals surface area (Å²) in [5.74, 6) is 0. The number of hydrogen-bond acceptors (Lipinski definition) is 2. The quantitative estimate of drug-likeness (QED) is 0.700. The van der Waals surface area contributed by atoms with Crippen LogP contribution in [0.2, 0.25) is 0 Å². The van der Waals surface area contributed by atoms with Crippen LogP contribution in [0.5, 0.6) is 0 Å². The van der Waals surface area contributed by atoms with Gasteiger partial charge in [-0.3, -0.25) is 4.99 Å². The van der Waals surface area contributed by atoms with E-state index < -0.39 is 0 Å². The first-order valence-electron chi connectivity index (χ1n) is 4.19. The van der Waals surface area contributed by atoms with E-state index in [1.54, 1.807) is 12.3 Å². The summed E-state index contributed by atoms with van der Waals surface area (Å²) in [6, 6.07) is 9.86. The summed E-state index contributed by atoms with van der Waals surface area (Å²) in [6.07, 6.45) is 3.45. The number of benzene rings is 1. The van der Waals surface area contributed by atoms with Gasteiger partial charge >= 0.3 is 0 Å². The van der Waals surface area contributed by atoms with Gasteiger partial charge in [0, 0.05) is 11.9 Å². The summed E-state index contributed by atoms with van der Waals surface area (Å²) in [6.45, 7) is 1.90. The predicted molar refractivity (Wildman–Crippen MR) is 54.9 cm³/mol. The van der Waals surface area contributed by atoms with Crippen molar-refractivity contribution in [2.24, 2.45) is 4.99 Å². The highest BCUT2D eigenvalue weighted by Crippen LogP contribution is 1.97. The van der Waals surface area contributed by atoms with Gasteiger partial charge in [0.15, 0.2) is 0 Å². The molecule has 0 unspecified atom stereocenters. The van der Waals surface area contributed by atoms with Crippen LogP contribution < -0.4 is 0 Å². The molecule has 68 valence electrons. The van der Waals surface area contributed by atoms with Gasteiger partial charge in [-0.15, -0.1) is 0 Å². The molecule has 0 bridgehead atoms. The predicted octanol–water partition coefficient (Wildman–Crippen LogP) is 2.00. The molecule has 1 aromatic carbocycles. The maximum absolute atomic E-state index is 8.58. The minimum absolute atomic E-state index is 0.0396. The Balaban J connectivity index is 2.64. The van der Waals surface area contributed by atoms with E-state index >= 15 is 0 Å². The zero-order valence-electron chi connectivity index (χ0n) is 7.64. The topological polar surface area (TPSA) is 32.6 Å². The molecule has 0 aliphatic rings. The number of rotatable bonds is 3. The highest BCUT2D eigenvalue weighted by Gasteiger charge is 1.84. The SMILES string of the molecule is CC(=CCO)N=Cc1ccccc1. The molecule has 0 aromatic heterocycles. The van der Waals surface area contributed by atoms with Crippen molar-refractivity contribution >= 4 is 6.21 Å². The van der Waals surface area contributed by atoms with Crippen LogP contribution in [-0.2, 0) is 0 Å². The van der Waals surface area contributed by atoms with Gasteiger partial charge in [0.25, 0.3) is 0 Å². The summed E-state index contributed by atoms with van der Waals surface area (Å²) in [7, 11) is 0. The molecule has 0 spiro atoms. The minimum atomic E-state index is 0.0396. The Hall–Kier alpha value is -1.41. The van der Waals surface area contributed by atoms with Crippen molar-refractivity contribution in [3.05, 3.63) is 47.7 Å². The second-order valence-corrected chi connectivity index (χ2v) is 2.70. The summed E-state index contributed by atoms with van der Waals surface area (Å²) < 4.78 is 0. The Morgan fingerprint density at radius 2 is 2.08 bits per heavy atom. The first-order valence-corrected chi connectivity index (χ1v) is 4.19. The lowest BCUT2D eigenvalue weighted by atomic mass is 10.2. The maximum atomic E-state index is 8.58. The van der Waals surface area contributed by atoms with Gasteiger partial charge in [-0.25, -0.2) is 0 Å². The lowest BCUT2D eigenvalue weighted by molar-refractivity contribution is 0.341. The van der Waals surface area contributed by atoms with Gasteiger partial charge in [-0.1, -0.05) is 30.3 Å². The number of aliphatic hydroxyl groups excluding tert-OH is 1. The van der Waals surface area contributed by atoms with Crippen LogP contribution >= 0.6 is 0 Å². The molecule has 0 fully saturated rings. The van der Waals surface area contributed by atoms with Crippen molar-refractivity contribution in [3.8, 4) is 0 Å². The molecular weight excluding hydrogens is 162 g/mol. The van der Waals surface area contributed by atoms with E-state index in [2.05, 4.69) is 4.99 Å². The Morgan fingerprint density at radius 1 is 1.38 bits per heavy atom. The van der Waals surface area contributed by atoms with E-state index in [1.165, 1.54) is 0 Å². The third-order valence-corrected chi connectivity index (χ3v) is 1.60. The average Bonchev–Trinajstić information content (AvgIpc) is 2.17. The van der Waals surface area contributed by atoms with E-state index in [9.17, 15) is 0 Å². The van der Waals surface area contributed by atoms with Crippen molar-refractivity contribution in [1.29, 1.82) is 0 Å². The van der Waals surface area contributed by atoms with Crippen molar-refractivity contribution in [3.63, 3.8) is 0 Å². The summed E-state index contributed by atoms with van der Waals surface area (Å²) in [5.41, 5.74) is 1.89. The smallest absolute Gasteiger partial charge is 0.0632 e. The molecule has 0 saturated heterocycles. The molecule has 0 amide bonds. The van der Waals surface area contributed by atoms with Crippen molar-refractivity contribution < 1.29 is 5.11 Å². The van der Waals surface area contributed by atoms with Crippen LogP contribution in [0, 0.1) is 0 Å². The molecule has 2 nitrogen and oxygen atoms in total. The van der Waals surface area contributed by atoms with E-state index in [1.807, 2.05) is 37.3 Å². The number of nitrogens with zero attached hydrogens (tertiary/aromatic N) is 1. The average molecular weight is 175 g/mol. The Morgan fingerprint density at radius 3 is 2.69 bits per heavy atom. The normalized spacial score (nSPS) is 12.3. The van der Waals surface area contributed by atoms with Crippen molar-refractivity contribution in [2.45, 2.75) is 6.92 Å². The van der Waals surface area contributed by atoms with E-state index in [0.29, 0.717) is 0 Å². The van der Waals surface area contributed by atoms with Gasteiger partial charge in [0.05, 0.1) is 6.61 Å². The first kappa shape index (κ1) is 9.68. The zero-order chi connectivity index (χ0) is 9.52. The number of allylic oxidation sites excluding steroid dienone is 1. The Bertz CT molecular complexity index is 301. The van der Waals surface area contributed by atoms with Crippen LogP contribution in [0.25, 0.3) is 0 Å². The van der Waals surface area contributed by atoms with Gasteiger partial charge in [-0.05, 0) is 18.6 Å². The fraction of sp³-hybridized carbons (Fsp3) is 0.182. The van der Waals surface area contributed by atoms with Crippen LogP contribution in [0.3, 0.4) is 0 Å². The van der Waals surface area contributed by atoms with Crippen LogP contribution in [0.15, 0.2) is 47.1 Å². The van der Waals surface area contributed by atoms with E-state index in [-0.39, 0.29) is 6.61 Å². The third-order valence-electron chi connectivity index (χ3n) is 1.60. The van der Waals surface area contributed by atoms with Crippen LogP contribution in [0.4, 0.5) is 0 Å². The molecule has 0 radical (unpaired) electrons. The van der Waals surface area contributed by atoms with E-state index in [0.717, 1.165) is 11.3 Å². The van der Waals surface area contributed by atoms with Crippen LogP contribution in [0.1, 0.15) is 12.5 Å². The molecular formula is C11H13NO. The molecule has 1 N–H and O–H groups in total. The Labute approximate surface area is 78.3 Å². The lowest BCUT2D eigenvalue weighted by Crippen LogP contribution is -1.81. The van der Waals surface area contributed by atoms with E-state index in [4.69, 9.17) is 5.11 Å². The minimum Gasteiger partial charge on any atom is -0.392 e. The van der Waals surface area contributed by atoms with Crippen molar-refractivity contribution in [2.75, 3.05) is 6.61 Å². The van der Waals surface area contributed by atoms with Gasteiger partial charge < -0.3 is 5.11 Å². The lowest BCUT2D eigenvalue weighted by Gasteiger charge is -1.91. The monoisotopic (exact) mass is 175 g/mol. The molecule has 0 saturated carbocycles. The number of aliphatic imine (C=N–C) groups is 1. The van der Waals surface area contributed by atoms with Gasteiger partial charge in [-0.2, -0.15) is 0 Å². The molecule has 0 atom stereocenters. The highest BCUT2D eigenvalue weighted by atomic mass is 16.2. The standard InChI is InChI=1S/C11H13NO/c1-10(7-8-13)12-9-11-5-3-2-4-6-11/h2-7,9,13H,8H2,1H3. The molecule has 1 rings (SSSR count). The maximum Gasteiger partial charge on any atom is 0.0632 e. The largest absolute Gasteiger partial charge is 0.392 e. The molecule has 2 heteroatoms. The van der Waals surface area contributed by atoms with Crippen molar-refractivity contribution in [1.82, 2.24) is 0 Å². The third kappa shape index (κ3) is 3.67. The summed E-state index contributed by atoms with van der Waals surface area (Å²) >= 11 is 0. The van der Waals surface area contributed by atoms with Gasteiger partial charge in [0.1, 0.15) is 0 Å². The molecule has 13 heavy (non-hydrogen) atoms. The second-order valence-electron chi connectivity index (χ2n) is 2.70.